The lowest BCUT2D eigenvalue weighted by Gasteiger charge is -2.14. The van der Waals surface area contributed by atoms with Crippen molar-refractivity contribution in [3.63, 3.8) is 0 Å². The van der Waals surface area contributed by atoms with Gasteiger partial charge < -0.3 is 5.32 Å². The Labute approximate surface area is 220 Å². The van der Waals surface area contributed by atoms with Crippen LogP contribution in [0.3, 0.4) is 0 Å². The van der Waals surface area contributed by atoms with Gasteiger partial charge in [-0.1, -0.05) is 79.2 Å². The summed E-state index contributed by atoms with van der Waals surface area (Å²) in [5.41, 5.74) is 4.76. The first-order valence-electron chi connectivity index (χ1n) is 12.3. The summed E-state index contributed by atoms with van der Waals surface area (Å²) < 4.78 is 1.74. The van der Waals surface area contributed by atoms with Gasteiger partial charge in [0.2, 0.25) is 0 Å². The van der Waals surface area contributed by atoms with E-state index in [1.165, 1.54) is 0 Å². The Morgan fingerprint density at radius 3 is 2.38 bits per heavy atom. The van der Waals surface area contributed by atoms with Gasteiger partial charge in [0.1, 0.15) is 5.82 Å². The first kappa shape index (κ1) is 24.5. The van der Waals surface area contributed by atoms with Crippen molar-refractivity contribution in [3.05, 3.63) is 129 Å². The van der Waals surface area contributed by atoms with E-state index in [0.717, 1.165) is 28.9 Å². The molecule has 1 aromatic heterocycles. The Bertz CT molecular complexity index is 1630. The first-order valence-corrected chi connectivity index (χ1v) is 12.6. The van der Waals surface area contributed by atoms with Crippen LogP contribution >= 0.6 is 11.6 Å². The van der Waals surface area contributed by atoms with E-state index < -0.39 is 0 Å². The van der Waals surface area contributed by atoms with Gasteiger partial charge in [0.05, 0.1) is 17.4 Å². The summed E-state index contributed by atoms with van der Waals surface area (Å²) in [5.74, 6) is 0.457. The number of nitrogens with zero attached hydrogens (tertiary/aromatic N) is 2. The molecule has 0 saturated carbocycles. The fraction of sp³-hybridized carbons (Fsp3) is 0.129. The Balaban J connectivity index is 1.47. The van der Waals surface area contributed by atoms with Gasteiger partial charge in [-0.05, 0) is 59.5 Å². The highest BCUT2D eigenvalue weighted by atomic mass is 35.5. The number of halogens is 1. The van der Waals surface area contributed by atoms with Gasteiger partial charge in [0.25, 0.3) is 11.5 Å². The summed E-state index contributed by atoms with van der Waals surface area (Å²) in [4.78, 5) is 31.2. The van der Waals surface area contributed by atoms with Gasteiger partial charge in [-0.25, -0.2) is 4.98 Å². The minimum Gasteiger partial charge on any atom is -0.322 e. The summed E-state index contributed by atoms with van der Waals surface area (Å²) in [5, 5.41) is 3.81. The highest BCUT2D eigenvalue weighted by Crippen LogP contribution is 2.21. The molecule has 0 aliphatic rings. The fourth-order valence-electron chi connectivity index (χ4n) is 4.37. The van der Waals surface area contributed by atoms with E-state index in [9.17, 15) is 9.59 Å². The third-order valence-electron chi connectivity index (χ3n) is 6.25. The van der Waals surface area contributed by atoms with Crippen LogP contribution in [0.25, 0.3) is 22.0 Å². The zero-order chi connectivity index (χ0) is 25.8. The molecule has 1 N–H and O–H groups in total. The molecule has 1 heterocycles. The summed E-state index contributed by atoms with van der Waals surface area (Å²) in [6.45, 7) is 2.50. The number of hydrogen-bond acceptors (Lipinski definition) is 3. The zero-order valence-electron chi connectivity index (χ0n) is 20.4. The van der Waals surface area contributed by atoms with E-state index in [-0.39, 0.29) is 11.5 Å². The number of amides is 1. The van der Waals surface area contributed by atoms with Crippen LogP contribution in [0.4, 0.5) is 5.69 Å². The van der Waals surface area contributed by atoms with Gasteiger partial charge in [-0.2, -0.15) is 0 Å². The summed E-state index contributed by atoms with van der Waals surface area (Å²) in [6.07, 6.45) is 1.57. The molecule has 4 aromatic carbocycles. The number of hydrogen-bond donors (Lipinski definition) is 1. The van der Waals surface area contributed by atoms with Crippen LogP contribution in [0.15, 0.2) is 102 Å². The van der Waals surface area contributed by atoms with Crippen LogP contribution in [0.1, 0.15) is 35.1 Å². The number of carbonyl (C=O) groups excluding carboxylic acids is 1. The van der Waals surface area contributed by atoms with Gasteiger partial charge >= 0.3 is 0 Å². The highest BCUT2D eigenvalue weighted by molar-refractivity contribution is 6.31. The lowest BCUT2D eigenvalue weighted by atomic mass is 10.0. The number of fused-ring (bicyclic) bond motifs is 1. The van der Waals surface area contributed by atoms with Gasteiger partial charge in [-0.15, -0.1) is 0 Å². The lowest BCUT2D eigenvalue weighted by molar-refractivity contribution is 0.102. The fourth-order valence-corrected chi connectivity index (χ4v) is 4.56. The van der Waals surface area contributed by atoms with Crippen molar-refractivity contribution in [2.24, 2.45) is 0 Å². The van der Waals surface area contributed by atoms with Crippen LogP contribution in [0.5, 0.6) is 0 Å². The van der Waals surface area contributed by atoms with E-state index in [0.29, 0.717) is 40.1 Å². The topological polar surface area (TPSA) is 64.0 Å². The molecule has 37 heavy (non-hydrogen) atoms. The number of anilines is 1. The van der Waals surface area contributed by atoms with Crippen LogP contribution in [-0.4, -0.2) is 15.5 Å². The summed E-state index contributed by atoms with van der Waals surface area (Å²) in [7, 11) is 0. The minimum atomic E-state index is -0.295. The standard InChI is InChI=1S/C31H26ClN3O2/c1-2-7-29-34-28-17-16-26(33-30(36)24-10-6-11-25(32)18-24)19-27(28)31(37)35(29)20-21-12-14-23(15-13-21)22-8-4-3-5-9-22/h3-6,8-19H,2,7,20H2,1H3,(H,33,36). The average molecular weight is 508 g/mol. The highest BCUT2D eigenvalue weighted by Gasteiger charge is 2.14. The maximum absolute atomic E-state index is 13.7. The van der Waals surface area contributed by atoms with E-state index in [1.54, 1.807) is 47.0 Å². The Hall–Kier alpha value is -4.22. The molecule has 184 valence electrons. The van der Waals surface area contributed by atoms with E-state index in [1.807, 2.05) is 18.2 Å². The molecule has 0 radical (unpaired) electrons. The normalized spacial score (nSPS) is 11.0. The second-order valence-corrected chi connectivity index (χ2v) is 9.37. The second-order valence-electron chi connectivity index (χ2n) is 8.93. The van der Waals surface area contributed by atoms with Gasteiger partial charge in [0.15, 0.2) is 0 Å². The van der Waals surface area contributed by atoms with Crippen molar-refractivity contribution in [1.29, 1.82) is 0 Å². The van der Waals surface area contributed by atoms with Crippen molar-refractivity contribution in [3.8, 4) is 11.1 Å². The molecule has 5 aromatic rings. The third-order valence-corrected chi connectivity index (χ3v) is 6.49. The maximum atomic E-state index is 13.7. The molecular formula is C31H26ClN3O2. The van der Waals surface area contributed by atoms with Crippen LogP contribution in [0, 0.1) is 0 Å². The number of carbonyl (C=O) groups is 1. The molecule has 0 atom stereocenters. The largest absolute Gasteiger partial charge is 0.322 e. The summed E-state index contributed by atoms with van der Waals surface area (Å²) in [6, 6.07) is 30.4. The Morgan fingerprint density at radius 1 is 0.892 bits per heavy atom. The molecule has 0 bridgehead atoms. The molecular weight excluding hydrogens is 482 g/mol. The number of rotatable bonds is 7. The van der Waals surface area contributed by atoms with Crippen LogP contribution in [0.2, 0.25) is 5.02 Å². The SMILES string of the molecule is CCCc1nc2ccc(NC(=O)c3cccc(Cl)c3)cc2c(=O)n1Cc1ccc(-c2ccccc2)cc1. The summed E-state index contributed by atoms with van der Waals surface area (Å²) >= 11 is 6.02. The van der Waals surface area contributed by atoms with Crippen molar-refractivity contribution in [1.82, 2.24) is 9.55 Å². The number of aryl methyl sites for hydroxylation is 1. The van der Waals surface area contributed by atoms with Gasteiger partial charge in [0, 0.05) is 22.7 Å². The predicted molar refractivity (Wildman–Crippen MR) is 150 cm³/mol. The van der Waals surface area contributed by atoms with Crippen LogP contribution < -0.4 is 10.9 Å². The first-order chi connectivity index (χ1) is 18.0. The van der Waals surface area contributed by atoms with Gasteiger partial charge in [-0.3, -0.25) is 14.2 Å². The lowest BCUT2D eigenvalue weighted by Crippen LogP contribution is -2.26. The quantitative estimate of drug-likeness (QED) is 0.259. The third kappa shape index (κ3) is 5.47. The van der Waals surface area contributed by atoms with Crippen molar-refractivity contribution < 1.29 is 4.79 Å². The molecule has 5 nitrogen and oxygen atoms in total. The molecule has 0 saturated heterocycles. The Morgan fingerprint density at radius 2 is 1.65 bits per heavy atom. The van der Waals surface area contributed by atoms with Crippen molar-refractivity contribution in [2.45, 2.75) is 26.3 Å². The molecule has 0 aliphatic heterocycles. The Kier molecular flexibility index (Phi) is 7.15. The molecule has 5 rings (SSSR count). The monoisotopic (exact) mass is 507 g/mol. The molecule has 0 spiro atoms. The predicted octanol–water partition coefficient (Wildman–Crippen LogP) is 6.97. The molecule has 0 fully saturated rings. The smallest absolute Gasteiger partial charge is 0.261 e. The number of aromatic nitrogens is 2. The van der Waals surface area contributed by atoms with E-state index in [4.69, 9.17) is 16.6 Å². The van der Waals surface area contributed by atoms with Crippen molar-refractivity contribution in [2.75, 3.05) is 5.32 Å². The molecule has 6 heteroatoms. The molecule has 1 amide bonds. The number of benzene rings is 4. The number of nitrogens with one attached hydrogen (secondary N) is 1. The minimum absolute atomic E-state index is 0.126. The average Bonchev–Trinajstić information content (AvgIpc) is 2.92. The molecule has 0 aliphatic carbocycles. The second kappa shape index (κ2) is 10.8. The zero-order valence-corrected chi connectivity index (χ0v) is 21.2. The van der Waals surface area contributed by atoms with Crippen molar-refractivity contribution >= 4 is 34.1 Å². The van der Waals surface area contributed by atoms with Crippen LogP contribution in [-0.2, 0) is 13.0 Å². The molecule has 0 unspecified atom stereocenters. The maximum Gasteiger partial charge on any atom is 0.261 e. The van der Waals surface area contributed by atoms with E-state index >= 15 is 0 Å². The van der Waals surface area contributed by atoms with E-state index in [2.05, 4.69) is 48.6 Å².